The van der Waals surface area contributed by atoms with Crippen molar-refractivity contribution in [3.05, 3.63) is 81.8 Å². The Kier molecular flexibility index (Phi) is 8.41. The zero-order valence-electron chi connectivity index (χ0n) is 15.1. The summed E-state index contributed by atoms with van der Waals surface area (Å²) in [5, 5.41) is 5.26. The van der Waals surface area contributed by atoms with Crippen molar-refractivity contribution in [3.8, 4) is 0 Å². The highest BCUT2D eigenvalue weighted by Crippen LogP contribution is 2.44. The molecular formula is C20H20Cl2NO3PS. The lowest BCUT2D eigenvalue weighted by molar-refractivity contribution is -0.119. The fraction of sp³-hybridized carbons (Fsp3) is 0.150. The van der Waals surface area contributed by atoms with E-state index in [1.54, 1.807) is 47.9 Å². The molecule has 0 spiro atoms. The molecule has 4 nitrogen and oxygen atoms in total. The lowest BCUT2D eigenvalue weighted by Crippen LogP contribution is -2.33. The van der Waals surface area contributed by atoms with Crippen molar-refractivity contribution in [3.63, 3.8) is 0 Å². The fourth-order valence-corrected chi connectivity index (χ4v) is 4.58. The number of rotatable bonds is 8. The first-order chi connectivity index (χ1) is 13.2. The van der Waals surface area contributed by atoms with E-state index in [9.17, 15) is 14.3 Å². The second-order valence-corrected chi connectivity index (χ2v) is 10.4. The maximum atomic E-state index is 12.6. The lowest BCUT2D eigenvalue weighted by Gasteiger charge is -2.20. The minimum Gasteiger partial charge on any atom is -0.344 e. The van der Waals surface area contributed by atoms with Crippen molar-refractivity contribution in [2.24, 2.45) is 0 Å². The van der Waals surface area contributed by atoms with Gasteiger partial charge >= 0.3 is 0 Å². The van der Waals surface area contributed by atoms with Crippen LogP contribution in [0, 0.1) is 0 Å². The van der Waals surface area contributed by atoms with Crippen molar-refractivity contribution >= 4 is 54.3 Å². The van der Waals surface area contributed by atoms with E-state index in [1.165, 1.54) is 24.6 Å². The van der Waals surface area contributed by atoms with Gasteiger partial charge in [-0.3, -0.25) is 9.36 Å². The minimum absolute atomic E-state index is 0.0762. The highest BCUT2D eigenvalue weighted by molar-refractivity contribution is 8.02. The Labute approximate surface area is 179 Å². The Morgan fingerprint density at radius 3 is 2.68 bits per heavy atom. The summed E-state index contributed by atoms with van der Waals surface area (Å²) in [4.78, 5) is 23.6. The number of amides is 1. The molecule has 0 saturated heterocycles. The smallest absolute Gasteiger partial charge is 0.237 e. The number of hydrogen-bond donors (Lipinski definition) is 2. The molecular weight excluding hydrogens is 436 g/mol. The molecule has 0 saturated carbocycles. The summed E-state index contributed by atoms with van der Waals surface area (Å²) in [5.74, 6) is -0.550. The van der Waals surface area contributed by atoms with Crippen LogP contribution in [0.25, 0.3) is 6.08 Å². The molecule has 2 aromatic rings. The maximum Gasteiger partial charge on any atom is 0.237 e. The van der Waals surface area contributed by atoms with E-state index in [0.29, 0.717) is 15.6 Å². The minimum atomic E-state index is -3.72. The summed E-state index contributed by atoms with van der Waals surface area (Å²) in [5.41, 5.74) is 0.319. The van der Waals surface area contributed by atoms with Gasteiger partial charge in [-0.15, -0.1) is 0 Å². The topological polar surface area (TPSA) is 66.4 Å². The second-order valence-electron chi connectivity index (χ2n) is 6.06. The highest BCUT2D eigenvalue weighted by Gasteiger charge is 2.33. The molecule has 0 aliphatic rings. The fourth-order valence-electron chi connectivity index (χ4n) is 2.52. The molecule has 2 N–H and O–H groups in total. The molecule has 0 aliphatic heterocycles. The molecule has 0 fully saturated rings. The molecule has 0 heterocycles. The van der Waals surface area contributed by atoms with E-state index < -0.39 is 18.9 Å². The first kappa shape index (κ1) is 22.8. The monoisotopic (exact) mass is 455 g/mol. The van der Waals surface area contributed by atoms with Gasteiger partial charge in [0.25, 0.3) is 0 Å². The van der Waals surface area contributed by atoms with E-state index in [-0.39, 0.29) is 6.42 Å². The first-order valence-corrected chi connectivity index (χ1v) is 12.1. The standard InChI is InChI=1S/C20H20Cl2NO3PS/c1-3-28-19-9-8-16(21)12-15(19)13-18(27(2,25)26)20(24)23-11-10-14-6-4-5-7-17(14)22/h3-12,18H,1,13H2,2H3,(H,23,24)(H,25,26)/b11-10+. The van der Waals surface area contributed by atoms with Crippen molar-refractivity contribution < 1.29 is 14.3 Å². The third kappa shape index (κ3) is 6.54. The molecule has 28 heavy (non-hydrogen) atoms. The van der Waals surface area contributed by atoms with Crippen LogP contribution in [0.15, 0.2) is 65.5 Å². The van der Waals surface area contributed by atoms with Gasteiger partial charge in [0.1, 0.15) is 5.66 Å². The molecule has 0 aliphatic carbocycles. The molecule has 1 amide bonds. The summed E-state index contributed by atoms with van der Waals surface area (Å²) in [7, 11) is -3.72. The van der Waals surface area contributed by atoms with Gasteiger partial charge in [0, 0.05) is 27.8 Å². The van der Waals surface area contributed by atoms with E-state index >= 15 is 0 Å². The summed E-state index contributed by atoms with van der Waals surface area (Å²) in [6, 6.07) is 12.4. The van der Waals surface area contributed by atoms with Crippen molar-refractivity contribution in [1.82, 2.24) is 5.32 Å². The van der Waals surface area contributed by atoms with Gasteiger partial charge in [0.05, 0.1) is 0 Å². The first-order valence-electron chi connectivity index (χ1n) is 8.29. The van der Waals surface area contributed by atoms with Gasteiger partial charge in [-0.1, -0.05) is 59.7 Å². The molecule has 148 valence electrons. The Hall–Kier alpha value is -1.49. The van der Waals surface area contributed by atoms with Gasteiger partial charge < -0.3 is 10.2 Å². The lowest BCUT2D eigenvalue weighted by atomic mass is 10.1. The van der Waals surface area contributed by atoms with Gasteiger partial charge in [0.2, 0.25) is 13.3 Å². The van der Waals surface area contributed by atoms with Crippen molar-refractivity contribution in [2.75, 3.05) is 6.66 Å². The molecule has 2 aromatic carbocycles. The molecule has 2 unspecified atom stereocenters. The Morgan fingerprint density at radius 2 is 2.04 bits per heavy atom. The normalized spacial score (nSPS) is 14.4. The summed E-state index contributed by atoms with van der Waals surface area (Å²) in [6.45, 7) is 4.87. The molecule has 0 bridgehead atoms. The van der Waals surface area contributed by atoms with Gasteiger partial charge in [-0.25, -0.2) is 0 Å². The number of hydrogen-bond acceptors (Lipinski definition) is 3. The average Bonchev–Trinajstić information content (AvgIpc) is 2.62. The van der Waals surface area contributed by atoms with Crippen LogP contribution < -0.4 is 5.32 Å². The third-order valence-electron chi connectivity index (χ3n) is 3.92. The Balaban J connectivity index is 2.21. The van der Waals surface area contributed by atoms with Crippen LogP contribution in [0.2, 0.25) is 10.0 Å². The number of thioether (sulfide) groups is 1. The highest BCUT2D eigenvalue weighted by atomic mass is 35.5. The molecule has 8 heteroatoms. The summed E-state index contributed by atoms with van der Waals surface area (Å²) < 4.78 is 12.4. The van der Waals surface area contributed by atoms with E-state index in [4.69, 9.17) is 23.2 Å². The van der Waals surface area contributed by atoms with Gasteiger partial charge in [-0.05, 0) is 53.3 Å². The third-order valence-corrected chi connectivity index (χ3v) is 6.89. The van der Waals surface area contributed by atoms with Crippen molar-refractivity contribution in [1.29, 1.82) is 0 Å². The maximum absolute atomic E-state index is 12.6. The number of benzene rings is 2. The number of carbonyl (C=O) groups excluding carboxylic acids is 1. The van der Waals surface area contributed by atoms with Crippen LogP contribution in [-0.4, -0.2) is 23.1 Å². The Bertz CT molecular complexity index is 943. The molecule has 2 atom stereocenters. The van der Waals surface area contributed by atoms with Crippen LogP contribution in [0.4, 0.5) is 0 Å². The summed E-state index contributed by atoms with van der Waals surface area (Å²) >= 11 is 13.5. The summed E-state index contributed by atoms with van der Waals surface area (Å²) in [6.07, 6.45) is 3.13. The van der Waals surface area contributed by atoms with Crippen LogP contribution >= 0.6 is 42.3 Å². The number of halogens is 2. The number of nitrogens with one attached hydrogen (secondary N) is 1. The van der Waals surface area contributed by atoms with E-state index in [2.05, 4.69) is 11.9 Å². The van der Waals surface area contributed by atoms with Crippen LogP contribution in [0.3, 0.4) is 0 Å². The molecule has 0 radical (unpaired) electrons. The van der Waals surface area contributed by atoms with E-state index in [0.717, 1.165) is 10.5 Å². The van der Waals surface area contributed by atoms with Crippen LogP contribution in [0.5, 0.6) is 0 Å². The molecule has 0 aromatic heterocycles. The predicted octanol–water partition coefficient (Wildman–Crippen LogP) is 5.83. The van der Waals surface area contributed by atoms with Gasteiger partial charge in [-0.2, -0.15) is 0 Å². The van der Waals surface area contributed by atoms with Crippen molar-refractivity contribution in [2.45, 2.75) is 17.0 Å². The van der Waals surface area contributed by atoms with Crippen LogP contribution in [0.1, 0.15) is 11.1 Å². The molecule has 2 rings (SSSR count). The SMILES string of the molecule is C=CSc1ccc(Cl)cc1CC(C(=O)N/C=C/c1ccccc1Cl)P(C)(=O)O. The zero-order chi connectivity index (χ0) is 20.7. The number of carbonyl (C=O) groups is 1. The largest absolute Gasteiger partial charge is 0.344 e. The zero-order valence-corrected chi connectivity index (χ0v) is 18.4. The average molecular weight is 456 g/mol. The second kappa shape index (κ2) is 10.3. The predicted molar refractivity (Wildman–Crippen MR) is 119 cm³/mol. The quantitative estimate of drug-likeness (QED) is 0.388. The van der Waals surface area contributed by atoms with E-state index in [1.807, 2.05) is 6.07 Å². The van der Waals surface area contributed by atoms with Crippen LogP contribution in [-0.2, 0) is 15.8 Å². The van der Waals surface area contributed by atoms with Gasteiger partial charge in [0.15, 0.2) is 0 Å². The Morgan fingerprint density at radius 1 is 1.32 bits per heavy atom.